The quantitative estimate of drug-likeness (QED) is 0.470. The van der Waals surface area contributed by atoms with Crippen LogP contribution in [0.15, 0.2) is 23.1 Å². The molecule has 0 atom stereocenters. The monoisotopic (exact) mass is 436 g/mol. The minimum Gasteiger partial charge on any atom is -0.493 e. The number of thioether (sulfide) groups is 1. The van der Waals surface area contributed by atoms with E-state index in [1.165, 1.54) is 7.11 Å². The van der Waals surface area contributed by atoms with Gasteiger partial charge in [-0.1, -0.05) is 6.07 Å². The van der Waals surface area contributed by atoms with Crippen LogP contribution in [-0.4, -0.2) is 61.3 Å². The second kappa shape index (κ2) is 11.1. The van der Waals surface area contributed by atoms with E-state index in [2.05, 4.69) is 10.6 Å². The number of nitrogens with one attached hydrogen (secondary N) is 2. The van der Waals surface area contributed by atoms with Crippen molar-refractivity contribution in [2.24, 2.45) is 5.73 Å². The van der Waals surface area contributed by atoms with E-state index in [-0.39, 0.29) is 36.9 Å². The smallest absolute Gasteiger partial charge is 0.312 e. The molecule has 0 aromatic heterocycles. The van der Waals surface area contributed by atoms with Crippen LogP contribution >= 0.6 is 11.8 Å². The third-order valence-electron chi connectivity index (χ3n) is 3.97. The molecule has 1 fully saturated rings. The Bertz CT molecular complexity index is 857. The van der Waals surface area contributed by atoms with Gasteiger partial charge in [0.25, 0.3) is 11.1 Å². The summed E-state index contributed by atoms with van der Waals surface area (Å²) in [6.45, 7) is 2.62. The average Bonchev–Trinajstić information content (AvgIpc) is 2.96. The van der Waals surface area contributed by atoms with Crippen molar-refractivity contribution in [3.8, 4) is 11.5 Å². The molecule has 1 heterocycles. The van der Waals surface area contributed by atoms with Gasteiger partial charge in [-0.05, 0) is 42.5 Å². The Morgan fingerprint density at radius 3 is 2.63 bits per heavy atom. The second-order valence-electron chi connectivity index (χ2n) is 6.07. The van der Waals surface area contributed by atoms with Gasteiger partial charge in [0, 0.05) is 26.1 Å². The number of nitrogens with zero attached hydrogens (tertiary/aromatic N) is 1. The summed E-state index contributed by atoms with van der Waals surface area (Å²) in [5, 5.41) is 4.48. The number of imide groups is 1. The molecular formula is C19H24N4O6S. The molecule has 11 heteroatoms. The number of benzene rings is 1. The van der Waals surface area contributed by atoms with E-state index in [1.807, 2.05) is 6.92 Å². The highest BCUT2D eigenvalue weighted by atomic mass is 32.2. The first-order valence-electron chi connectivity index (χ1n) is 9.22. The van der Waals surface area contributed by atoms with Gasteiger partial charge in [0.1, 0.15) is 0 Å². The highest BCUT2D eigenvalue weighted by molar-refractivity contribution is 8.18. The number of hydrogen-bond acceptors (Lipinski definition) is 7. The van der Waals surface area contributed by atoms with Gasteiger partial charge in [-0.3, -0.25) is 19.3 Å². The highest BCUT2D eigenvalue weighted by Gasteiger charge is 2.34. The van der Waals surface area contributed by atoms with Crippen molar-refractivity contribution in [1.82, 2.24) is 15.5 Å². The zero-order valence-electron chi connectivity index (χ0n) is 16.7. The Labute approximate surface area is 178 Å². The van der Waals surface area contributed by atoms with Gasteiger partial charge < -0.3 is 25.8 Å². The van der Waals surface area contributed by atoms with E-state index in [4.69, 9.17) is 15.2 Å². The van der Waals surface area contributed by atoms with Gasteiger partial charge in [0.15, 0.2) is 11.5 Å². The molecule has 1 aliphatic rings. The van der Waals surface area contributed by atoms with E-state index < -0.39 is 17.2 Å². The van der Waals surface area contributed by atoms with Crippen molar-refractivity contribution in [3.63, 3.8) is 0 Å². The Morgan fingerprint density at radius 2 is 1.97 bits per heavy atom. The van der Waals surface area contributed by atoms with Crippen molar-refractivity contribution in [2.75, 3.05) is 33.4 Å². The minimum atomic E-state index is -0.711. The van der Waals surface area contributed by atoms with Crippen LogP contribution < -0.4 is 25.8 Å². The van der Waals surface area contributed by atoms with Crippen LogP contribution in [0.1, 0.15) is 18.9 Å². The van der Waals surface area contributed by atoms with Crippen LogP contribution in [0.2, 0.25) is 0 Å². The predicted octanol–water partition coefficient (Wildman–Crippen LogP) is 1.30. The van der Waals surface area contributed by atoms with Crippen molar-refractivity contribution in [2.45, 2.75) is 13.3 Å². The molecular weight excluding hydrogens is 412 g/mol. The Morgan fingerprint density at radius 1 is 1.20 bits per heavy atom. The molecule has 0 aliphatic carbocycles. The third-order valence-corrected chi connectivity index (χ3v) is 4.88. The van der Waals surface area contributed by atoms with Gasteiger partial charge in [0.05, 0.1) is 18.6 Å². The van der Waals surface area contributed by atoms with Gasteiger partial charge >= 0.3 is 6.03 Å². The first kappa shape index (κ1) is 23.1. The highest BCUT2D eigenvalue weighted by Crippen LogP contribution is 2.34. The summed E-state index contributed by atoms with van der Waals surface area (Å²) >= 11 is 0.833. The zero-order chi connectivity index (χ0) is 22.1. The largest absolute Gasteiger partial charge is 0.493 e. The van der Waals surface area contributed by atoms with Crippen LogP contribution in [0.5, 0.6) is 11.5 Å². The normalized spacial score (nSPS) is 14.7. The lowest BCUT2D eigenvalue weighted by Gasteiger charge is -2.13. The number of rotatable bonds is 10. The molecule has 4 N–H and O–H groups in total. The number of urea groups is 1. The Balaban J connectivity index is 1.94. The maximum Gasteiger partial charge on any atom is 0.312 e. The molecule has 10 nitrogen and oxygen atoms in total. The summed E-state index contributed by atoms with van der Waals surface area (Å²) < 4.78 is 10.8. The van der Waals surface area contributed by atoms with Gasteiger partial charge in [0.2, 0.25) is 5.91 Å². The fraction of sp³-hybridized carbons (Fsp3) is 0.368. The minimum absolute atomic E-state index is 0.0452. The molecule has 0 bridgehead atoms. The number of ether oxygens (including phenoxy) is 2. The molecule has 162 valence electrons. The number of carbonyl (C=O) groups is 4. The summed E-state index contributed by atoms with van der Waals surface area (Å²) in [5.41, 5.74) is 5.60. The SMILES string of the molecule is CCOc1ccc(/C=C2/SC(=O)N(CCNC(=O)CCNC(N)=O)C2=O)cc1OC. The standard InChI is InChI=1S/C19H24N4O6S/c1-3-29-13-5-4-12(10-14(13)28-2)11-15-17(25)23(19(27)30-15)9-8-21-16(24)6-7-22-18(20)26/h4-5,10-11H,3,6-9H2,1-2H3,(H,21,24)(H3,20,22,26)/b15-11+. The third kappa shape index (κ3) is 6.41. The maximum absolute atomic E-state index is 12.6. The van der Waals surface area contributed by atoms with Crippen molar-refractivity contribution >= 4 is 40.9 Å². The van der Waals surface area contributed by atoms with Gasteiger partial charge in [-0.15, -0.1) is 0 Å². The number of nitrogens with two attached hydrogens (primary N) is 1. The first-order valence-corrected chi connectivity index (χ1v) is 10.0. The lowest BCUT2D eigenvalue weighted by Crippen LogP contribution is -2.38. The average molecular weight is 436 g/mol. The number of methoxy groups -OCH3 is 1. The molecule has 1 aromatic carbocycles. The molecule has 5 amide bonds. The van der Waals surface area contributed by atoms with E-state index in [0.717, 1.165) is 16.7 Å². The second-order valence-corrected chi connectivity index (χ2v) is 7.06. The summed E-state index contributed by atoms with van der Waals surface area (Å²) in [4.78, 5) is 48.3. The molecule has 0 unspecified atom stereocenters. The molecule has 1 saturated heterocycles. The number of carbonyl (C=O) groups excluding carboxylic acids is 4. The maximum atomic E-state index is 12.6. The van der Waals surface area contributed by atoms with Gasteiger partial charge in [-0.25, -0.2) is 4.79 Å². The molecule has 0 radical (unpaired) electrons. The van der Waals surface area contributed by atoms with E-state index in [1.54, 1.807) is 24.3 Å². The number of amides is 5. The van der Waals surface area contributed by atoms with E-state index in [9.17, 15) is 19.2 Å². The lowest BCUT2D eigenvalue weighted by atomic mass is 10.2. The number of primary amides is 1. The van der Waals surface area contributed by atoms with Crippen molar-refractivity contribution in [3.05, 3.63) is 28.7 Å². The molecule has 2 rings (SSSR count). The van der Waals surface area contributed by atoms with Crippen LogP contribution in [-0.2, 0) is 9.59 Å². The molecule has 0 spiro atoms. The summed E-state index contributed by atoms with van der Waals surface area (Å²) in [6.07, 6.45) is 1.65. The summed E-state index contributed by atoms with van der Waals surface area (Å²) in [6, 6.07) is 4.51. The topological polar surface area (TPSA) is 140 Å². The number of hydrogen-bond donors (Lipinski definition) is 3. The van der Waals surface area contributed by atoms with Crippen LogP contribution in [0.3, 0.4) is 0 Å². The van der Waals surface area contributed by atoms with Crippen LogP contribution in [0.4, 0.5) is 9.59 Å². The Kier molecular flexibility index (Phi) is 8.54. The molecule has 1 aromatic rings. The van der Waals surface area contributed by atoms with Crippen LogP contribution in [0.25, 0.3) is 6.08 Å². The Hall–Kier alpha value is -3.21. The fourth-order valence-electron chi connectivity index (χ4n) is 2.59. The van der Waals surface area contributed by atoms with E-state index in [0.29, 0.717) is 23.7 Å². The van der Waals surface area contributed by atoms with Crippen molar-refractivity contribution in [1.29, 1.82) is 0 Å². The molecule has 1 aliphatic heterocycles. The summed E-state index contributed by atoms with van der Waals surface area (Å²) in [5.74, 6) is 0.362. The fourth-order valence-corrected chi connectivity index (χ4v) is 3.45. The van der Waals surface area contributed by atoms with Gasteiger partial charge in [-0.2, -0.15) is 0 Å². The molecule has 30 heavy (non-hydrogen) atoms. The van der Waals surface area contributed by atoms with Crippen molar-refractivity contribution < 1.29 is 28.7 Å². The lowest BCUT2D eigenvalue weighted by molar-refractivity contribution is -0.124. The first-order chi connectivity index (χ1) is 14.3. The predicted molar refractivity (Wildman–Crippen MR) is 112 cm³/mol. The zero-order valence-corrected chi connectivity index (χ0v) is 17.5. The van der Waals surface area contributed by atoms with E-state index >= 15 is 0 Å². The molecule has 0 saturated carbocycles. The summed E-state index contributed by atoms with van der Waals surface area (Å²) in [7, 11) is 1.52. The van der Waals surface area contributed by atoms with Crippen LogP contribution in [0, 0.1) is 0 Å².